The van der Waals surface area contributed by atoms with Gasteiger partial charge in [0.1, 0.15) is 0 Å². The topological polar surface area (TPSA) is 64.7 Å². The molecule has 0 atom stereocenters. The van der Waals surface area contributed by atoms with Crippen LogP contribution >= 0.6 is 11.3 Å². The molecule has 18 heavy (non-hydrogen) atoms. The van der Waals surface area contributed by atoms with Gasteiger partial charge in [0.25, 0.3) is 0 Å². The van der Waals surface area contributed by atoms with Gasteiger partial charge in [-0.15, -0.1) is 11.3 Å². The van der Waals surface area contributed by atoms with Gasteiger partial charge in [-0.2, -0.15) is 0 Å². The van der Waals surface area contributed by atoms with Crippen LogP contribution in [0.15, 0.2) is 46.9 Å². The molecule has 0 aliphatic rings. The van der Waals surface area contributed by atoms with E-state index in [1.54, 1.807) is 12.1 Å². The average molecular weight is 260 g/mol. The lowest BCUT2D eigenvalue weighted by Gasteiger charge is -2.02. The summed E-state index contributed by atoms with van der Waals surface area (Å²) in [6.07, 6.45) is 0. The molecule has 5 heteroatoms. The average Bonchev–Trinajstić information content (AvgIpc) is 2.90. The smallest absolute Gasteiger partial charge is 0.366 e. The van der Waals surface area contributed by atoms with Crippen molar-refractivity contribution >= 4 is 23.1 Å². The van der Waals surface area contributed by atoms with E-state index in [1.165, 1.54) is 11.3 Å². The number of thiophene rings is 1. The van der Waals surface area contributed by atoms with E-state index in [2.05, 4.69) is 5.16 Å². The van der Waals surface area contributed by atoms with Gasteiger partial charge < -0.3 is 10.6 Å². The zero-order valence-electron chi connectivity index (χ0n) is 9.79. The molecule has 2 rings (SSSR count). The van der Waals surface area contributed by atoms with E-state index in [-0.39, 0.29) is 5.84 Å². The highest BCUT2D eigenvalue weighted by Crippen LogP contribution is 2.10. The lowest BCUT2D eigenvalue weighted by molar-refractivity contribution is 0.0515. The molecule has 0 bridgehead atoms. The molecule has 0 radical (unpaired) electrons. The molecule has 0 aliphatic carbocycles. The first-order chi connectivity index (χ1) is 8.68. The maximum absolute atomic E-state index is 11.8. The fourth-order valence-corrected chi connectivity index (χ4v) is 2.03. The van der Waals surface area contributed by atoms with Gasteiger partial charge in [0, 0.05) is 0 Å². The summed E-state index contributed by atoms with van der Waals surface area (Å²) in [6, 6.07) is 10.8. The number of hydrogen-bond donors (Lipinski definition) is 1. The van der Waals surface area contributed by atoms with Gasteiger partial charge in [-0.1, -0.05) is 29.4 Å². The summed E-state index contributed by atoms with van der Waals surface area (Å²) in [7, 11) is 0. The molecule has 0 spiro atoms. The number of rotatable bonds is 3. The van der Waals surface area contributed by atoms with Crippen molar-refractivity contribution in [1.82, 2.24) is 0 Å². The van der Waals surface area contributed by atoms with E-state index >= 15 is 0 Å². The number of oxime groups is 1. The van der Waals surface area contributed by atoms with Crippen LogP contribution in [0.1, 0.15) is 20.8 Å². The molecule has 4 nitrogen and oxygen atoms in total. The van der Waals surface area contributed by atoms with Gasteiger partial charge >= 0.3 is 5.97 Å². The van der Waals surface area contributed by atoms with E-state index in [0.29, 0.717) is 5.56 Å². The molecule has 0 saturated heterocycles. The van der Waals surface area contributed by atoms with Crippen LogP contribution in [0.4, 0.5) is 0 Å². The maximum Gasteiger partial charge on any atom is 0.366 e. The van der Waals surface area contributed by atoms with Gasteiger partial charge in [-0.25, -0.2) is 4.79 Å². The fraction of sp³-hybridized carbons (Fsp3) is 0.0769. The molecule has 0 saturated carbocycles. The summed E-state index contributed by atoms with van der Waals surface area (Å²) in [5.41, 5.74) is 7.01. The summed E-state index contributed by atoms with van der Waals surface area (Å²) in [6.45, 7) is 1.84. The van der Waals surface area contributed by atoms with Crippen LogP contribution in [-0.4, -0.2) is 11.8 Å². The minimum atomic E-state index is -0.507. The molecular formula is C13H12N2O2S. The number of nitrogens with two attached hydrogens (primary N) is 1. The predicted molar refractivity (Wildman–Crippen MR) is 71.6 cm³/mol. The standard InChI is InChI=1S/C13H12N2O2S/c1-9-5-2-3-6-10(9)13(16)17-15-12(14)11-7-4-8-18-11/h2-8H,1H3,(H2,14,15). The molecule has 0 amide bonds. The van der Waals surface area contributed by atoms with Gasteiger partial charge in [0.2, 0.25) is 0 Å². The summed E-state index contributed by atoms with van der Waals surface area (Å²) in [5, 5.41) is 5.52. The first kappa shape index (κ1) is 12.3. The van der Waals surface area contributed by atoms with Crippen molar-refractivity contribution in [3.8, 4) is 0 Å². The first-order valence-electron chi connectivity index (χ1n) is 5.33. The second kappa shape index (κ2) is 5.46. The number of carbonyl (C=O) groups excluding carboxylic acids is 1. The van der Waals surface area contributed by atoms with Gasteiger partial charge in [-0.05, 0) is 30.0 Å². The molecule has 1 aromatic carbocycles. The minimum Gasteiger partial charge on any atom is -0.380 e. The summed E-state index contributed by atoms with van der Waals surface area (Å²) >= 11 is 1.43. The SMILES string of the molecule is Cc1ccccc1C(=O)O/N=C(\N)c1cccs1. The third-order valence-electron chi connectivity index (χ3n) is 2.37. The number of carbonyl (C=O) groups is 1. The highest BCUT2D eigenvalue weighted by atomic mass is 32.1. The van der Waals surface area contributed by atoms with Crippen LogP contribution in [0.25, 0.3) is 0 Å². The summed E-state index contributed by atoms with van der Waals surface area (Å²) in [4.78, 5) is 17.4. The third kappa shape index (κ3) is 2.75. The molecule has 2 aromatic rings. The second-order valence-electron chi connectivity index (χ2n) is 3.65. The van der Waals surface area contributed by atoms with Crippen molar-refractivity contribution in [3.05, 3.63) is 57.8 Å². The van der Waals surface area contributed by atoms with Gasteiger partial charge in [-0.3, -0.25) is 0 Å². The van der Waals surface area contributed by atoms with Gasteiger partial charge in [0.05, 0.1) is 10.4 Å². The molecule has 0 unspecified atom stereocenters. The van der Waals surface area contributed by atoms with Crippen LogP contribution < -0.4 is 5.73 Å². The van der Waals surface area contributed by atoms with E-state index < -0.39 is 5.97 Å². The van der Waals surface area contributed by atoms with Crippen LogP contribution in [0.2, 0.25) is 0 Å². The largest absolute Gasteiger partial charge is 0.380 e. The molecule has 2 N–H and O–H groups in total. The normalized spacial score (nSPS) is 11.3. The Morgan fingerprint density at radius 3 is 2.72 bits per heavy atom. The lowest BCUT2D eigenvalue weighted by Crippen LogP contribution is -2.14. The number of nitrogens with zero attached hydrogens (tertiary/aromatic N) is 1. The Hall–Kier alpha value is -2.14. The van der Waals surface area contributed by atoms with Crippen molar-refractivity contribution in [2.45, 2.75) is 6.92 Å². The Bertz CT molecular complexity index is 576. The Morgan fingerprint density at radius 2 is 2.06 bits per heavy atom. The van der Waals surface area contributed by atoms with Crippen molar-refractivity contribution < 1.29 is 9.63 Å². The fourth-order valence-electron chi connectivity index (χ4n) is 1.41. The van der Waals surface area contributed by atoms with E-state index in [1.807, 2.05) is 36.6 Å². The molecule has 1 heterocycles. The summed E-state index contributed by atoms with van der Waals surface area (Å²) in [5.74, 6) is -0.306. The quantitative estimate of drug-likeness (QED) is 0.399. The van der Waals surface area contributed by atoms with Crippen LogP contribution in [0.3, 0.4) is 0 Å². The maximum atomic E-state index is 11.8. The predicted octanol–water partition coefficient (Wildman–Crippen LogP) is 2.53. The highest BCUT2D eigenvalue weighted by molar-refractivity contribution is 7.12. The third-order valence-corrected chi connectivity index (χ3v) is 3.26. The van der Waals surface area contributed by atoms with Crippen LogP contribution in [-0.2, 0) is 4.84 Å². The van der Waals surface area contributed by atoms with Crippen molar-refractivity contribution in [2.75, 3.05) is 0 Å². The van der Waals surface area contributed by atoms with E-state index in [4.69, 9.17) is 10.6 Å². The zero-order chi connectivity index (χ0) is 13.0. The Balaban J connectivity index is 2.09. The molecule has 0 fully saturated rings. The Labute approximate surface area is 109 Å². The van der Waals surface area contributed by atoms with E-state index in [9.17, 15) is 4.79 Å². The first-order valence-corrected chi connectivity index (χ1v) is 6.21. The van der Waals surface area contributed by atoms with E-state index in [0.717, 1.165) is 10.4 Å². The van der Waals surface area contributed by atoms with Crippen molar-refractivity contribution in [1.29, 1.82) is 0 Å². The minimum absolute atomic E-state index is 0.201. The van der Waals surface area contributed by atoms with Crippen LogP contribution in [0.5, 0.6) is 0 Å². The van der Waals surface area contributed by atoms with Crippen LogP contribution in [0, 0.1) is 6.92 Å². The molecule has 92 valence electrons. The second-order valence-corrected chi connectivity index (χ2v) is 4.60. The monoisotopic (exact) mass is 260 g/mol. The van der Waals surface area contributed by atoms with Gasteiger partial charge in [0.15, 0.2) is 5.84 Å². The number of aryl methyl sites for hydroxylation is 1. The van der Waals surface area contributed by atoms with Crippen molar-refractivity contribution in [3.63, 3.8) is 0 Å². The number of hydrogen-bond acceptors (Lipinski definition) is 4. The number of amidine groups is 1. The van der Waals surface area contributed by atoms with Crippen molar-refractivity contribution in [2.24, 2.45) is 10.9 Å². The number of benzene rings is 1. The Kier molecular flexibility index (Phi) is 3.74. The Morgan fingerprint density at radius 1 is 1.28 bits per heavy atom. The molecular weight excluding hydrogens is 248 g/mol. The zero-order valence-corrected chi connectivity index (χ0v) is 10.6. The lowest BCUT2D eigenvalue weighted by atomic mass is 10.1. The highest BCUT2D eigenvalue weighted by Gasteiger charge is 2.10. The summed E-state index contributed by atoms with van der Waals surface area (Å²) < 4.78 is 0. The molecule has 1 aromatic heterocycles. The molecule has 0 aliphatic heterocycles.